The molecule has 0 spiro atoms. The quantitative estimate of drug-likeness (QED) is 0.161. The number of hydrogen-bond acceptors (Lipinski definition) is 2. The molecule has 202 valence electrons. The lowest BCUT2D eigenvalue weighted by Gasteiger charge is -2.11. The highest BCUT2D eigenvalue weighted by molar-refractivity contribution is 5.56. The van der Waals surface area contributed by atoms with Crippen LogP contribution >= 0.6 is 0 Å². The van der Waals surface area contributed by atoms with E-state index in [-0.39, 0.29) is 11.9 Å². The number of ether oxygens (including phenoxy) is 1. The molecular weight excluding hydrogens is 461 g/mol. The minimum absolute atomic E-state index is 0.0865. The van der Waals surface area contributed by atoms with Crippen LogP contribution < -0.4 is 5.32 Å². The molecule has 37 heavy (non-hydrogen) atoms. The number of anilines is 1. The zero-order valence-corrected chi connectivity index (χ0v) is 23.6. The predicted molar refractivity (Wildman–Crippen MR) is 157 cm³/mol. The van der Waals surface area contributed by atoms with E-state index in [2.05, 4.69) is 79.4 Å². The van der Waals surface area contributed by atoms with Gasteiger partial charge in [-0.25, -0.2) is 4.39 Å². The Hall–Kier alpha value is -2.98. The zero-order valence-electron chi connectivity index (χ0n) is 23.6. The number of aliphatic hydroxyl groups is 2. The third kappa shape index (κ3) is 13.2. The van der Waals surface area contributed by atoms with Gasteiger partial charge in [-0.3, -0.25) is 4.79 Å². The van der Waals surface area contributed by atoms with E-state index in [1.54, 1.807) is 12.1 Å². The molecule has 0 heterocycles. The van der Waals surface area contributed by atoms with Crippen LogP contribution in [0.5, 0.6) is 0 Å². The van der Waals surface area contributed by atoms with E-state index in [0.717, 1.165) is 37.7 Å². The van der Waals surface area contributed by atoms with Crippen LogP contribution in [-0.2, 0) is 11.2 Å². The predicted octanol–water partition coefficient (Wildman–Crippen LogP) is 8.20. The average molecular weight is 509 g/mol. The van der Waals surface area contributed by atoms with Gasteiger partial charge in [-0.05, 0) is 73.4 Å². The van der Waals surface area contributed by atoms with Gasteiger partial charge in [0.05, 0.1) is 0 Å². The molecule has 3 nitrogen and oxygen atoms in total. The number of rotatable bonds is 11. The number of aldehydes is 1. The van der Waals surface area contributed by atoms with Gasteiger partial charge in [0, 0.05) is 25.6 Å². The van der Waals surface area contributed by atoms with Gasteiger partial charge in [-0.1, -0.05) is 81.4 Å². The standard InChI is InChI=1S/C16H24O2.C9H13N.C8H9F/c1-3-16(13-17)18-12-8-7-9-14(2)15-10-5-4-6-11-15;1-7-5-4-6-8(2)9(7)10-3;1-2-7-4-3-5-8(9)6-7/h4-6,10-11,13-14,16H,3,7-9,12H2,1-2H3;4-6,10H,1-3H3;3-6H,2H2,1H3/p+1. The highest BCUT2D eigenvalue weighted by Gasteiger charge is 2.09. The Morgan fingerprint density at radius 1 is 0.919 bits per heavy atom. The summed E-state index contributed by atoms with van der Waals surface area (Å²) >= 11 is 0. The minimum atomic E-state index is -0.144. The molecule has 2 unspecified atom stereocenters. The van der Waals surface area contributed by atoms with E-state index in [4.69, 9.17) is 0 Å². The second kappa shape index (κ2) is 19.2. The summed E-state index contributed by atoms with van der Waals surface area (Å²) in [7, 11) is 1.95. The van der Waals surface area contributed by atoms with Crippen LogP contribution in [0.4, 0.5) is 10.1 Å². The van der Waals surface area contributed by atoms with Crippen molar-refractivity contribution in [2.45, 2.75) is 78.7 Å². The number of benzene rings is 3. The average Bonchev–Trinajstić information content (AvgIpc) is 2.92. The van der Waals surface area contributed by atoms with Crippen molar-refractivity contribution in [1.29, 1.82) is 0 Å². The Morgan fingerprint density at radius 2 is 1.57 bits per heavy atom. The van der Waals surface area contributed by atoms with Gasteiger partial charge in [0.2, 0.25) is 6.10 Å². The van der Waals surface area contributed by atoms with E-state index in [9.17, 15) is 9.18 Å². The van der Waals surface area contributed by atoms with Crippen molar-refractivity contribution in [2.75, 3.05) is 19.0 Å². The Kier molecular flexibility index (Phi) is 16.6. The van der Waals surface area contributed by atoms with Crippen LogP contribution in [0.15, 0.2) is 72.8 Å². The Bertz CT molecular complexity index is 986. The summed E-state index contributed by atoms with van der Waals surface area (Å²) in [5.74, 6) is 0.466. The van der Waals surface area contributed by atoms with Crippen molar-refractivity contribution < 1.29 is 13.9 Å². The molecule has 0 amide bonds. The maximum atomic E-state index is 12.4. The lowest BCUT2D eigenvalue weighted by Crippen LogP contribution is -2.18. The third-order valence-corrected chi connectivity index (χ3v) is 6.38. The smallest absolute Gasteiger partial charge is 0.211 e. The molecular formula is C33H47FNO2+. The molecule has 2 atom stereocenters. The van der Waals surface area contributed by atoms with Crippen molar-refractivity contribution in [3.63, 3.8) is 0 Å². The normalized spacial score (nSPS) is 11.8. The van der Waals surface area contributed by atoms with Crippen molar-refractivity contribution in [3.05, 3.63) is 101 Å². The summed E-state index contributed by atoms with van der Waals surface area (Å²) in [4.78, 5) is 10.6. The summed E-state index contributed by atoms with van der Waals surface area (Å²) in [5, 5.41) is 3.16. The van der Waals surface area contributed by atoms with Crippen LogP contribution in [0, 0.1) is 19.7 Å². The van der Waals surface area contributed by atoms with Gasteiger partial charge in [-0.15, -0.1) is 0 Å². The van der Waals surface area contributed by atoms with Crippen molar-refractivity contribution in [1.82, 2.24) is 0 Å². The van der Waals surface area contributed by atoms with Gasteiger partial charge >= 0.3 is 0 Å². The number of carbonyl (C=O) groups is 1. The van der Waals surface area contributed by atoms with Crippen LogP contribution in [-0.4, -0.2) is 30.8 Å². The fourth-order valence-electron chi connectivity index (χ4n) is 4.00. The summed E-state index contributed by atoms with van der Waals surface area (Å²) < 4.78 is 16.7. The van der Waals surface area contributed by atoms with Gasteiger partial charge < -0.3 is 10.1 Å². The Balaban J connectivity index is 0.000000303. The van der Waals surface area contributed by atoms with Gasteiger partial charge in [0.15, 0.2) is 6.29 Å². The van der Waals surface area contributed by atoms with E-state index >= 15 is 0 Å². The van der Waals surface area contributed by atoms with E-state index in [0.29, 0.717) is 5.92 Å². The number of aryl methyl sites for hydroxylation is 3. The lowest BCUT2D eigenvalue weighted by atomic mass is 9.96. The van der Waals surface area contributed by atoms with Crippen LogP contribution in [0.25, 0.3) is 0 Å². The SMILES string of the molecule is CCC(C=O)[OH+]CCCCC(C)c1ccccc1.CCc1cccc(F)c1.CNc1c(C)cccc1C. The fourth-order valence-corrected chi connectivity index (χ4v) is 4.00. The highest BCUT2D eigenvalue weighted by Crippen LogP contribution is 2.21. The topological polar surface area (TPSA) is 41.9 Å². The van der Waals surface area contributed by atoms with Gasteiger partial charge in [0.1, 0.15) is 12.4 Å². The van der Waals surface area contributed by atoms with Crippen molar-refractivity contribution in [2.24, 2.45) is 0 Å². The van der Waals surface area contributed by atoms with E-state index in [1.807, 2.05) is 27.0 Å². The van der Waals surface area contributed by atoms with Gasteiger partial charge in [-0.2, -0.15) is 0 Å². The summed E-state index contributed by atoms with van der Waals surface area (Å²) in [6.07, 6.45) is 6.04. The molecule has 2 N–H and O–H groups in total. The number of hydrogen-bond donors (Lipinski definition) is 1. The molecule has 0 fully saturated rings. The van der Waals surface area contributed by atoms with Crippen LogP contribution in [0.2, 0.25) is 0 Å². The molecule has 0 saturated heterocycles. The van der Waals surface area contributed by atoms with Gasteiger partial charge in [0.25, 0.3) is 0 Å². The summed E-state index contributed by atoms with van der Waals surface area (Å²) in [6, 6.07) is 23.6. The maximum absolute atomic E-state index is 12.4. The highest BCUT2D eigenvalue weighted by atomic mass is 19.1. The van der Waals surface area contributed by atoms with E-state index < -0.39 is 0 Å². The van der Waals surface area contributed by atoms with Crippen LogP contribution in [0.3, 0.4) is 0 Å². The Labute approximate surface area is 224 Å². The molecule has 0 bridgehead atoms. The monoisotopic (exact) mass is 508 g/mol. The zero-order chi connectivity index (χ0) is 27.5. The molecule has 0 aliphatic carbocycles. The Morgan fingerprint density at radius 3 is 2.05 bits per heavy atom. The van der Waals surface area contributed by atoms with Crippen molar-refractivity contribution in [3.8, 4) is 0 Å². The number of unbranched alkanes of at least 4 members (excludes halogenated alkanes) is 1. The summed E-state index contributed by atoms with van der Waals surface area (Å²) in [6.45, 7) is 11.3. The molecule has 0 aliphatic heterocycles. The molecule has 0 saturated carbocycles. The molecule has 3 aromatic carbocycles. The van der Waals surface area contributed by atoms with Crippen LogP contribution in [0.1, 0.15) is 74.6 Å². The molecule has 4 heteroatoms. The fraction of sp³-hybridized carbons (Fsp3) is 0.424. The third-order valence-electron chi connectivity index (χ3n) is 6.38. The lowest BCUT2D eigenvalue weighted by molar-refractivity contribution is -0.141. The number of carbonyl (C=O) groups excluding carboxylic acids is 1. The maximum Gasteiger partial charge on any atom is 0.211 e. The first-order chi connectivity index (χ1) is 17.9. The molecule has 0 aliphatic rings. The first-order valence-corrected chi connectivity index (χ1v) is 13.5. The molecule has 3 aromatic rings. The first-order valence-electron chi connectivity index (χ1n) is 13.5. The minimum Gasteiger partial charge on any atom is -0.426 e. The van der Waals surface area contributed by atoms with E-state index in [1.165, 1.54) is 41.3 Å². The second-order valence-corrected chi connectivity index (χ2v) is 9.33. The molecule has 0 aromatic heterocycles. The summed E-state index contributed by atoms with van der Waals surface area (Å²) in [5.41, 5.74) is 6.33. The number of nitrogens with one attached hydrogen (secondary N) is 1. The first kappa shape index (κ1) is 32.0. The molecule has 3 rings (SSSR count). The number of halogens is 1. The van der Waals surface area contributed by atoms with Crippen molar-refractivity contribution >= 4 is 12.0 Å². The number of para-hydroxylation sites is 1. The molecule has 0 radical (unpaired) electrons. The second-order valence-electron chi connectivity index (χ2n) is 9.33. The largest absolute Gasteiger partial charge is 0.426 e.